The second kappa shape index (κ2) is 14.7. The van der Waals surface area contributed by atoms with Crippen LogP contribution in [0.15, 0.2) is 224 Å². The number of rotatable bonds is 7. The summed E-state index contributed by atoms with van der Waals surface area (Å²) in [7, 11) is 0. The first-order chi connectivity index (χ1) is 32.8. The van der Waals surface area contributed by atoms with Gasteiger partial charge < -0.3 is 9.13 Å². The number of hydrogen-bond acceptors (Lipinski definition) is 3. The molecule has 0 aliphatic rings. The average Bonchev–Trinajstić information content (AvgIpc) is 3.90. The van der Waals surface area contributed by atoms with Crippen molar-refractivity contribution in [2.45, 2.75) is 0 Å². The van der Waals surface area contributed by atoms with Crippen LogP contribution in [0.5, 0.6) is 0 Å². The van der Waals surface area contributed by atoms with Crippen LogP contribution < -0.4 is 0 Å². The lowest BCUT2D eigenvalue weighted by molar-refractivity contribution is 1.07. The van der Waals surface area contributed by atoms with Gasteiger partial charge in [-0.3, -0.25) is 0 Å². The fourth-order valence-corrected chi connectivity index (χ4v) is 8.82. The van der Waals surface area contributed by atoms with Gasteiger partial charge in [-0.1, -0.05) is 176 Å². The Morgan fingerprint density at radius 3 is 1.35 bits per heavy atom. The van der Waals surface area contributed by atoms with E-state index < -0.39 is 18.1 Å². The van der Waals surface area contributed by atoms with E-state index in [1.54, 1.807) is 0 Å². The van der Waals surface area contributed by atoms with Crippen molar-refractivity contribution in [3.05, 3.63) is 224 Å². The van der Waals surface area contributed by atoms with Crippen molar-refractivity contribution in [2.75, 3.05) is 0 Å². The Labute approximate surface area is 365 Å². The molecule has 0 atom stereocenters. The van der Waals surface area contributed by atoms with Crippen molar-refractivity contribution < 1.29 is 6.85 Å². The first kappa shape index (κ1) is 30.6. The van der Waals surface area contributed by atoms with Crippen LogP contribution in [0.2, 0.25) is 0 Å². The summed E-state index contributed by atoms with van der Waals surface area (Å²) in [6.07, 6.45) is 0. The van der Waals surface area contributed by atoms with Gasteiger partial charge in [-0.15, -0.1) is 0 Å². The summed E-state index contributed by atoms with van der Waals surface area (Å²) in [5.74, 6) is 1.14. The third kappa shape index (κ3) is 5.98. The van der Waals surface area contributed by atoms with Crippen LogP contribution >= 0.6 is 0 Å². The number of hydrogen-bond donors (Lipinski definition) is 0. The molecule has 0 saturated heterocycles. The van der Waals surface area contributed by atoms with E-state index in [4.69, 9.17) is 21.8 Å². The first-order valence-corrected chi connectivity index (χ1v) is 20.5. The maximum Gasteiger partial charge on any atom is 0.164 e. The number of fused-ring (bicyclic) bond motifs is 6. The molecule has 3 heterocycles. The summed E-state index contributed by atoms with van der Waals surface area (Å²) in [4.78, 5) is 15.3. The quantitative estimate of drug-likeness (QED) is 0.161. The van der Waals surface area contributed by atoms with Gasteiger partial charge in [0.05, 0.1) is 28.9 Å². The van der Waals surface area contributed by atoms with Crippen LogP contribution in [0.4, 0.5) is 0 Å². The van der Waals surface area contributed by atoms with Crippen LogP contribution in [-0.2, 0) is 0 Å². The molecule has 0 spiro atoms. The molecular weight excluding hydrogens is 755 g/mol. The predicted octanol–water partition coefficient (Wildman–Crippen LogP) is 14.4. The van der Waals surface area contributed by atoms with Crippen molar-refractivity contribution in [3.63, 3.8) is 0 Å². The molecule has 0 amide bonds. The molecule has 0 radical (unpaired) electrons. The summed E-state index contributed by atoms with van der Waals surface area (Å²) >= 11 is 0. The molecule has 3 aromatic heterocycles. The summed E-state index contributed by atoms with van der Waals surface area (Å²) in [6, 6.07) is 63.6. The highest BCUT2D eigenvalue weighted by molar-refractivity contribution is 6.12. The fraction of sp³-hybridized carbons (Fsp3) is 0. The van der Waals surface area contributed by atoms with Crippen molar-refractivity contribution >= 4 is 43.6 Å². The highest BCUT2D eigenvalue weighted by atomic mass is 15.0. The molecule has 290 valence electrons. The molecule has 0 N–H and O–H groups in total. The second-order valence-corrected chi connectivity index (χ2v) is 15.3. The highest BCUT2D eigenvalue weighted by Gasteiger charge is 2.20. The number of aromatic nitrogens is 5. The monoisotopic (exact) mass is 796 g/mol. The second-order valence-electron chi connectivity index (χ2n) is 15.3. The van der Waals surface area contributed by atoms with E-state index in [9.17, 15) is 0 Å². The van der Waals surface area contributed by atoms with Crippen LogP contribution in [0.3, 0.4) is 0 Å². The van der Waals surface area contributed by atoms with E-state index in [1.807, 2.05) is 97.1 Å². The maximum absolute atomic E-state index is 9.13. The molecule has 62 heavy (non-hydrogen) atoms. The van der Waals surface area contributed by atoms with Crippen LogP contribution in [0.1, 0.15) is 6.85 Å². The SMILES string of the molecule is [2H]c1c([2H])c([2H])c(-c2ccc(-n3c4ccccc4c4cc(-n5c6ccccc6c6ccccc65)ccc43)cc2-c2nc(-c3ccccc3)nc(-c3ccc(-c4ccccc4)cc3)n2)c([2H])c1[2H]. The average molecular weight is 797 g/mol. The smallest absolute Gasteiger partial charge is 0.164 e. The normalized spacial score (nSPS) is 12.7. The van der Waals surface area contributed by atoms with Crippen molar-refractivity contribution in [1.29, 1.82) is 0 Å². The number of para-hydroxylation sites is 3. The third-order valence-electron chi connectivity index (χ3n) is 11.7. The molecular formula is C57H37N5. The zero-order valence-corrected chi connectivity index (χ0v) is 33.2. The number of nitrogens with zero attached hydrogens (tertiary/aromatic N) is 5. The summed E-state index contributed by atoms with van der Waals surface area (Å²) in [6.45, 7) is 0. The molecule has 0 unspecified atom stereocenters. The van der Waals surface area contributed by atoms with Crippen LogP contribution in [0, 0.1) is 0 Å². The van der Waals surface area contributed by atoms with Gasteiger partial charge in [0, 0.05) is 49.6 Å². The van der Waals surface area contributed by atoms with E-state index in [1.165, 1.54) is 10.8 Å². The minimum Gasteiger partial charge on any atom is -0.309 e. The Hall–Kier alpha value is -8.41. The lowest BCUT2D eigenvalue weighted by atomic mass is 9.98. The Balaban J connectivity index is 1.10. The Morgan fingerprint density at radius 2 is 0.742 bits per heavy atom. The first-order valence-electron chi connectivity index (χ1n) is 23.0. The van der Waals surface area contributed by atoms with Gasteiger partial charge in [-0.25, -0.2) is 15.0 Å². The third-order valence-corrected chi connectivity index (χ3v) is 11.7. The molecule has 5 heteroatoms. The van der Waals surface area contributed by atoms with Gasteiger partial charge >= 0.3 is 0 Å². The largest absolute Gasteiger partial charge is 0.309 e. The van der Waals surface area contributed by atoms with E-state index >= 15 is 0 Å². The molecule has 0 saturated carbocycles. The van der Waals surface area contributed by atoms with E-state index in [0.717, 1.165) is 66.5 Å². The fourth-order valence-electron chi connectivity index (χ4n) is 8.82. The molecule has 0 aliphatic carbocycles. The summed E-state index contributed by atoms with van der Waals surface area (Å²) in [5, 5.41) is 4.49. The Kier molecular flexibility index (Phi) is 7.25. The van der Waals surface area contributed by atoms with Gasteiger partial charge in [0.2, 0.25) is 0 Å². The van der Waals surface area contributed by atoms with Crippen LogP contribution in [-0.4, -0.2) is 24.1 Å². The van der Waals surface area contributed by atoms with E-state index in [-0.39, 0.29) is 23.5 Å². The maximum atomic E-state index is 9.13. The van der Waals surface area contributed by atoms with Gasteiger partial charge in [0.25, 0.3) is 0 Å². The van der Waals surface area contributed by atoms with Crippen LogP contribution in [0.25, 0.3) is 111 Å². The molecule has 5 nitrogen and oxygen atoms in total. The molecule has 12 aromatic rings. The lowest BCUT2D eigenvalue weighted by Gasteiger charge is -2.16. The standard InChI is InChI=1S/C57H37N5/c1-4-16-38(17-5-1)39-28-30-42(31-29-39)56-58-55(41-20-8-3-9-21-41)59-57(60-56)50-37-43(32-34-45(50)40-18-6-2-7-19-40)62-53-27-15-12-24-48(53)49-36-44(33-35-54(49)62)61-51-25-13-10-22-46(51)47-23-11-14-26-52(47)61/h1-37H/i2D,6D,7D,18D,19D. The summed E-state index contributed by atoms with van der Waals surface area (Å²) < 4.78 is 48.6. The number of benzene rings is 9. The van der Waals surface area contributed by atoms with E-state index in [0.29, 0.717) is 22.8 Å². The van der Waals surface area contributed by atoms with Gasteiger partial charge in [-0.2, -0.15) is 0 Å². The lowest BCUT2D eigenvalue weighted by Crippen LogP contribution is -2.02. The van der Waals surface area contributed by atoms with Crippen molar-refractivity contribution in [2.24, 2.45) is 0 Å². The Bertz CT molecular complexity index is 3840. The minimum absolute atomic E-state index is 0.0565. The topological polar surface area (TPSA) is 48.5 Å². The molecule has 0 aliphatic heterocycles. The predicted molar refractivity (Wildman–Crippen MR) is 256 cm³/mol. The molecule has 0 fully saturated rings. The summed E-state index contributed by atoms with van der Waals surface area (Å²) in [5.41, 5.74) is 10.6. The van der Waals surface area contributed by atoms with Gasteiger partial charge in [0.1, 0.15) is 0 Å². The highest BCUT2D eigenvalue weighted by Crippen LogP contribution is 2.40. The van der Waals surface area contributed by atoms with Gasteiger partial charge in [-0.05, 0) is 70.8 Å². The van der Waals surface area contributed by atoms with E-state index in [2.05, 4.69) is 106 Å². The molecule has 9 aromatic carbocycles. The van der Waals surface area contributed by atoms with Gasteiger partial charge in [0.15, 0.2) is 17.5 Å². The van der Waals surface area contributed by atoms with Crippen molar-refractivity contribution in [1.82, 2.24) is 24.1 Å². The Morgan fingerprint density at radius 1 is 0.306 bits per heavy atom. The zero-order chi connectivity index (χ0) is 45.3. The minimum atomic E-state index is -0.463. The molecule has 0 bridgehead atoms. The molecule has 12 rings (SSSR count). The zero-order valence-electron chi connectivity index (χ0n) is 38.2. The van der Waals surface area contributed by atoms with Crippen molar-refractivity contribution in [3.8, 4) is 67.8 Å².